The molecule has 1 aromatic carbocycles. The second-order valence-corrected chi connectivity index (χ2v) is 6.38. The maximum absolute atomic E-state index is 12.8. The monoisotopic (exact) mass is 335 g/mol. The Hall–Kier alpha value is -2.46. The molecule has 1 aromatic rings. The number of nitriles is 1. The number of likely N-dealkylation sites (N-methyl/N-ethyl adjacent to an activating group) is 1. The van der Waals surface area contributed by atoms with Crippen molar-refractivity contribution in [3.05, 3.63) is 30.1 Å². The van der Waals surface area contributed by atoms with Crippen molar-refractivity contribution in [3.63, 3.8) is 0 Å². The summed E-state index contributed by atoms with van der Waals surface area (Å²) in [5.41, 5.74) is -0.441. The van der Waals surface area contributed by atoms with Crippen LogP contribution in [0.1, 0.15) is 20.8 Å². The Kier molecular flexibility index (Phi) is 6.86. The molecule has 0 aliphatic carbocycles. The van der Waals surface area contributed by atoms with Gasteiger partial charge in [0.1, 0.15) is 11.4 Å². The van der Waals surface area contributed by atoms with E-state index in [0.29, 0.717) is 10.6 Å². The van der Waals surface area contributed by atoms with Crippen LogP contribution in [-0.2, 0) is 9.59 Å². The highest BCUT2D eigenvalue weighted by atomic mass is 19.1. The lowest BCUT2D eigenvalue weighted by Gasteiger charge is -2.27. The van der Waals surface area contributed by atoms with Gasteiger partial charge in [0.15, 0.2) is 13.1 Å². The number of quaternary nitrogens is 1. The zero-order valence-corrected chi connectivity index (χ0v) is 14.4. The van der Waals surface area contributed by atoms with E-state index in [1.165, 1.54) is 24.3 Å². The third kappa shape index (κ3) is 5.97. The molecule has 3 N–H and O–H groups in total. The molecule has 1 rings (SSSR count). The number of rotatable bonds is 7. The van der Waals surface area contributed by atoms with Gasteiger partial charge in [-0.25, -0.2) is 4.39 Å². The van der Waals surface area contributed by atoms with Gasteiger partial charge < -0.3 is 15.5 Å². The van der Waals surface area contributed by atoms with Crippen molar-refractivity contribution in [2.45, 2.75) is 26.3 Å². The van der Waals surface area contributed by atoms with Crippen LogP contribution in [0.15, 0.2) is 24.3 Å². The van der Waals surface area contributed by atoms with E-state index >= 15 is 0 Å². The molecule has 0 bridgehead atoms. The number of carbonyl (C=O) groups is 2. The maximum Gasteiger partial charge on any atom is 0.279 e. The van der Waals surface area contributed by atoms with Gasteiger partial charge in [0, 0.05) is 5.69 Å². The molecular weight excluding hydrogens is 311 g/mol. The molecule has 0 spiro atoms. The highest BCUT2D eigenvalue weighted by Gasteiger charge is 2.31. The minimum atomic E-state index is -0.937. The fraction of sp³-hybridized carbons (Fsp3) is 0.471. The average molecular weight is 335 g/mol. The highest BCUT2D eigenvalue weighted by molar-refractivity contribution is 5.91. The molecule has 0 radical (unpaired) electrons. The standard InChI is InChI=1S/C17H23FN4O2/c1-12(2)17(3,11-19)21-16(24)10-22(4)9-15(23)20-14-7-5-13(18)6-8-14/h5-8,12H,9-10H2,1-4H3,(H,20,23)(H,21,24)/p+1/t17-/m0/s1. The van der Waals surface area contributed by atoms with Crippen molar-refractivity contribution in [3.8, 4) is 6.07 Å². The summed E-state index contributed by atoms with van der Waals surface area (Å²) in [6.07, 6.45) is 0. The zero-order chi connectivity index (χ0) is 18.3. The van der Waals surface area contributed by atoms with E-state index in [2.05, 4.69) is 16.7 Å². The van der Waals surface area contributed by atoms with E-state index in [1.807, 2.05) is 13.8 Å². The summed E-state index contributed by atoms with van der Waals surface area (Å²) in [5, 5.41) is 14.6. The van der Waals surface area contributed by atoms with Gasteiger partial charge in [0.05, 0.1) is 13.1 Å². The number of benzene rings is 1. The SMILES string of the molecule is CC(C)[C@](C)(C#N)NC(=O)C[NH+](C)CC(=O)Nc1ccc(F)cc1. The summed E-state index contributed by atoms with van der Waals surface area (Å²) in [6.45, 7) is 5.54. The van der Waals surface area contributed by atoms with E-state index in [4.69, 9.17) is 0 Å². The van der Waals surface area contributed by atoms with Crippen LogP contribution in [0.3, 0.4) is 0 Å². The molecule has 0 saturated heterocycles. The van der Waals surface area contributed by atoms with Crippen molar-refractivity contribution in [2.75, 3.05) is 25.5 Å². The number of hydrogen-bond donors (Lipinski definition) is 3. The Bertz CT molecular complexity index is 624. The molecule has 130 valence electrons. The first-order valence-corrected chi connectivity index (χ1v) is 7.75. The van der Waals surface area contributed by atoms with Crippen molar-refractivity contribution < 1.29 is 18.9 Å². The second-order valence-electron chi connectivity index (χ2n) is 6.38. The molecule has 2 atom stereocenters. The normalized spacial score (nSPS) is 14.4. The maximum atomic E-state index is 12.8. The second kappa shape index (κ2) is 8.41. The van der Waals surface area contributed by atoms with Gasteiger partial charge in [0.25, 0.3) is 11.8 Å². The summed E-state index contributed by atoms with van der Waals surface area (Å²) in [5.74, 6) is -0.981. The molecule has 0 saturated carbocycles. The minimum Gasteiger partial charge on any atom is -0.333 e. The number of hydrogen-bond acceptors (Lipinski definition) is 3. The van der Waals surface area contributed by atoms with Crippen molar-refractivity contribution in [2.24, 2.45) is 5.92 Å². The number of carbonyl (C=O) groups excluding carboxylic acids is 2. The molecule has 0 heterocycles. The number of halogens is 1. The summed E-state index contributed by atoms with van der Waals surface area (Å²) >= 11 is 0. The Morgan fingerprint density at radius 3 is 2.29 bits per heavy atom. The number of nitrogens with zero attached hydrogens (tertiary/aromatic N) is 1. The first-order chi connectivity index (χ1) is 11.2. The smallest absolute Gasteiger partial charge is 0.279 e. The quantitative estimate of drug-likeness (QED) is 0.671. The molecular formula is C17H24FN4O2+. The summed E-state index contributed by atoms with van der Waals surface area (Å²) in [4.78, 5) is 24.7. The van der Waals surface area contributed by atoms with E-state index in [-0.39, 0.29) is 36.6 Å². The molecule has 7 heteroatoms. The van der Waals surface area contributed by atoms with Gasteiger partial charge >= 0.3 is 0 Å². The van der Waals surface area contributed by atoms with E-state index in [9.17, 15) is 19.2 Å². The Morgan fingerprint density at radius 1 is 1.25 bits per heavy atom. The molecule has 1 unspecified atom stereocenters. The van der Waals surface area contributed by atoms with Crippen LogP contribution < -0.4 is 15.5 Å². The van der Waals surface area contributed by atoms with Crippen molar-refractivity contribution >= 4 is 17.5 Å². The van der Waals surface area contributed by atoms with Crippen molar-refractivity contribution in [1.82, 2.24) is 5.32 Å². The number of nitrogens with one attached hydrogen (secondary N) is 3. The summed E-state index contributed by atoms with van der Waals surface area (Å²) < 4.78 is 12.8. The van der Waals surface area contributed by atoms with Crippen LogP contribution in [0.5, 0.6) is 0 Å². The molecule has 24 heavy (non-hydrogen) atoms. The Balaban J connectivity index is 2.49. The third-order valence-electron chi connectivity index (χ3n) is 3.84. The fourth-order valence-corrected chi connectivity index (χ4v) is 1.98. The predicted octanol–water partition coefficient (Wildman–Crippen LogP) is 0.333. The van der Waals surface area contributed by atoms with Crippen LogP contribution in [0.4, 0.5) is 10.1 Å². The van der Waals surface area contributed by atoms with Crippen LogP contribution in [-0.4, -0.2) is 37.5 Å². The highest BCUT2D eigenvalue weighted by Crippen LogP contribution is 2.14. The van der Waals surface area contributed by atoms with Gasteiger partial charge in [0.2, 0.25) is 0 Å². The Labute approximate surface area is 141 Å². The van der Waals surface area contributed by atoms with E-state index in [0.717, 1.165) is 0 Å². The fourth-order valence-electron chi connectivity index (χ4n) is 1.98. The molecule has 6 nitrogen and oxygen atoms in total. The molecule has 2 amide bonds. The van der Waals surface area contributed by atoms with Crippen LogP contribution in [0, 0.1) is 23.1 Å². The minimum absolute atomic E-state index is 0.0338. The van der Waals surface area contributed by atoms with Gasteiger partial charge in [-0.1, -0.05) is 13.8 Å². The first kappa shape index (κ1) is 19.6. The van der Waals surface area contributed by atoms with Crippen molar-refractivity contribution in [1.29, 1.82) is 5.26 Å². The van der Waals surface area contributed by atoms with Gasteiger partial charge in [-0.05, 0) is 37.1 Å². The summed E-state index contributed by atoms with van der Waals surface area (Å²) in [7, 11) is 1.71. The van der Waals surface area contributed by atoms with Gasteiger partial charge in [-0.2, -0.15) is 5.26 Å². The first-order valence-electron chi connectivity index (χ1n) is 7.75. The topological polar surface area (TPSA) is 86.4 Å². The van der Waals surface area contributed by atoms with Gasteiger partial charge in [-0.3, -0.25) is 9.59 Å². The lowest BCUT2D eigenvalue weighted by atomic mass is 9.90. The molecule has 0 aliphatic heterocycles. The number of amides is 2. The van der Waals surface area contributed by atoms with Crippen LogP contribution in [0.25, 0.3) is 0 Å². The number of anilines is 1. The zero-order valence-electron chi connectivity index (χ0n) is 14.4. The van der Waals surface area contributed by atoms with E-state index < -0.39 is 5.54 Å². The lowest BCUT2D eigenvalue weighted by molar-refractivity contribution is -0.862. The van der Waals surface area contributed by atoms with Crippen LogP contribution >= 0.6 is 0 Å². The predicted molar refractivity (Wildman–Crippen MR) is 88.6 cm³/mol. The third-order valence-corrected chi connectivity index (χ3v) is 3.84. The van der Waals surface area contributed by atoms with Gasteiger partial charge in [-0.15, -0.1) is 0 Å². The van der Waals surface area contributed by atoms with Crippen LogP contribution in [0.2, 0.25) is 0 Å². The molecule has 0 fully saturated rings. The Morgan fingerprint density at radius 2 is 1.79 bits per heavy atom. The largest absolute Gasteiger partial charge is 0.333 e. The van der Waals surface area contributed by atoms with E-state index in [1.54, 1.807) is 14.0 Å². The molecule has 0 aromatic heterocycles. The summed E-state index contributed by atoms with van der Waals surface area (Å²) in [6, 6.07) is 7.56. The molecule has 0 aliphatic rings. The average Bonchev–Trinajstić information content (AvgIpc) is 2.48. The lowest BCUT2D eigenvalue weighted by Crippen LogP contribution is -3.11.